The van der Waals surface area contributed by atoms with Crippen LogP contribution in [-0.2, 0) is 6.18 Å². The first-order valence-electron chi connectivity index (χ1n) is 7.51. The van der Waals surface area contributed by atoms with Crippen molar-refractivity contribution < 1.29 is 18.0 Å². The molecule has 0 aliphatic rings. The summed E-state index contributed by atoms with van der Waals surface area (Å²) in [4.78, 5) is 17.7. The first-order valence-corrected chi connectivity index (χ1v) is 8.33. The van der Waals surface area contributed by atoms with E-state index in [1.165, 1.54) is 30.4 Å². The number of ketones is 1. The minimum atomic E-state index is -4.38. The summed E-state index contributed by atoms with van der Waals surface area (Å²) in [6.45, 7) is 3.33. The number of pyridine rings is 1. The fourth-order valence-corrected chi connectivity index (χ4v) is 4.10. The molecule has 0 fully saturated rings. The molecule has 0 aliphatic heterocycles. The van der Waals surface area contributed by atoms with E-state index in [0.717, 1.165) is 28.1 Å². The minimum absolute atomic E-state index is 0.107. The standard InChI is InChI=1S/C19H14F3NOS/c1-11-16(12(2)24)18(25-17(11)14-7-9-23-10-8-14)13-3-5-15(6-4-13)19(20,21)22/h3-10H,1-2H3. The second kappa shape index (κ2) is 6.44. The van der Waals surface area contributed by atoms with Crippen molar-refractivity contribution in [2.24, 2.45) is 0 Å². The van der Waals surface area contributed by atoms with Gasteiger partial charge in [-0.1, -0.05) is 12.1 Å². The van der Waals surface area contributed by atoms with Gasteiger partial charge < -0.3 is 0 Å². The summed E-state index contributed by atoms with van der Waals surface area (Å²) >= 11 is 1.40. The fourth-order valence-electron chi connectivity index (χ4n) is 2.73. The Morgan fingerprint density at radius 3 is 2.04 bits per heavy atom. The van der Waals surface area contributed by atoms with Crippen LogP contribution in [0.2, 0.25) is 0 Å². The SMILES string of the molecule is CC(=O)c1c(-c2ccc(C(F)(F)F)cc2)sc(-c2ccncc2)c1C. The number of Topliss-reactive ketones (excluding diaryl/α,β-unsaturated/α-hetero) is 1. The molecular weight excluding hydrogens is 347 g/mol. The van der Waals surface area contributed by atoms with E-state index in [-0.39, 0.29) is 5.78 Å². The van der Waals surface area contributed by atoms with Crippen LogP contribution in [0.25, 0.3) is 20.9 Å². The van der Waals surface area contributed by atoms with Crippen molar-refractivity contribution in [1.82, 2.24) is 4.98 Å². The number of carbonyl (C=O) groups excluding carboxylic acids is 1. The third kappa shape index (κ3) is 3.35. The van der Waals surface area contributed by atoms with Crippen LogP contribution in [0.4, 0.5) is 13.2 Å². The number of hydrogen-bond donors (Lipinski definition) is 0. The molecule has 0 radical (unpaired) electrons. The van der Waals surface area contributed by atoms with Crippen LogP contribution in [-0.4, -0.2) is 10.8 Å². The van der Waals surface area contributed by atoms with E-state index in [9.17, 15) is 18.0 Å². The Morgan fingerprint density at radius 1 is 0.960 bits per heavy atom. The summed E-state index contributed by atoms with van der Waals surface area (Å²) in [6, 6.07) is 8.60. The van der Waals surface area contributed by atoms with Gasteiger partial charge in [0.2, 0.25) is 0 Å². The maximum Gasteiger partial charge on any atom is 0.416 e. The molecule has 6 heteroatoms. The molecule has 25 heavy (non-hydrogen) atoms. The van der Waals surface area contributed by atoms with Crippen LogP contribution < -0.4 is 0 Å². The lowest BCUT2D eigenvalue weighted by Crippen LogP contribution is -2.04. The molecule has 3 aromatic rings. The van der Waals surface area contributed by atoms with E-state index in [1.807, 2.05) is 19.1 Å². The highest BCUT2D eigenvalue weighted by Crippen LogP contribution is 2.42. The average Bonchev–Trinajstić information content (AvgIpc) is 2.92. The van der Waals surface area contributed by atoms with Crippen molar-refractivity contribution in [1.29, 1.82) is 0 Å². The zero-order chi connectivity index (χ0) is 18.2. The number of aromatic nitrogens is 1. The van der Waals surface area contributed by atoms with Crippen molar-refractivity contribution in [2.45, 2.75) is 20.0 Å². The Balaban J connectivity index is 2.14. The van der Waals surface area contributed by atoms with Crippen LogP contribution >= 0.6 is 11.3 Å². The van der Waals surface area contributed by atoms with Gasteiger partial charge in [-0.2, -0.15) is 13.2 Å². The van der Waals surface area contributed by atoms with E-state index >= 15 is 0 Å². The van der Waals surface area contributed by atoms with Crippen molar-refractivity contribution in [3.63, 3.8) is 0 Å². The number of benzene rings is 1. The molecule has 0 atom stereocenters. The third-order valence-corrected chi connectivity index (χ3v) is 5.31. The number of rotatable bonds is 3. The van der Waals surface area contributed by atoms with E-state index in [2.05, 4.69) is 4.98 Å². The van der Waals surface area contributed by atoms with Gasteiger partial charge in [-0.05, 0) is 54.8 Å². The van der Waals surface area contributed by atoms with Gasteiger partial charge in [0.25, 0.3) is 0 Å². The van der Waals surface area contributed by atoms with Crippen LogP contribution in [0.3, 0.4) is 0 Å². The van der Waals surface area contributed by atoms with Crippen LogP contribution in [0.5, 0.6) is 0 Å². The number of carbonyl (C=O) groups is 1. The number of nitrogens with zero attached hydrogens (tertiary/aromatic N) is 1. The van der Waals surface area contributed by atoms with Gasteiger partial charge in [0.15, 0.2) is 5.78 Å². The topological polar surface area (TPSA) is 30.0 Å². The summed E-state index contributed by atoms with van der Waals surface area (Å²) in [5.74, 6) is -0.107. The summed E-state index contributed by atoms with van der Waals surface area (Å²) < 4.78 is 38.3. The Kier molecular flexibility index (Phi) is 4.47. The largest absolute Gasteiger partial charge is 0.416 e. The lowest BCUT2D eigenvalue weighted by molar-refractivity contribution is -0.137. The first-order chi connectivity index (χ1) is 11.8. The molecule has 0 saturated heterocycles. The smallest absolute Gasteiger partial charge is 0.294 e. The van der Waals surface area contributed by atoms with Crippen molar-refractivity contribution in [3.05, 3.63) is 65.5 Å². The highest BCUT2D eigenvalue weighted by atomic mass is 32.1. The highest BCUT2D eigenvalue weighted by Gasteiger charge is 2.30. The van der Waals surface area contributed by atoms with E-state index < -0.39 is 11.7 Å². The highest BCUT2D eigenvalue weighted by molar-refractivity contribution is 7.19. The fraction of sp³-hybridized carbons (Fsp3) is 0.158. The van der Waals surface area contributed by atoms with Gasteiger partial charge >= 0.3 is 6.18 Å². The molecule has 1 aromatic carbocycles. The summed E-state index contributed by atoms with van der Waals surface area (Å²) in [7, 11) is 0. The van der Waals surface area contributed by atoms with Crippen molar-refractivity contribution in [3.8, 4) is 20.9 Å². The van der Waals surface area contributed by atoms with Gasteiger partial charge in [0.05, 0.1) is 5.56 Å². The molecule has 0 N–H and O–H groups in total. The second-order valence-corrected chi connectivity index (χ2v) is 6.65. The lowest BCUT2D eigenvalue weighted by Gasteiger charge is -2.07. The number of thiophene rings is 1. The molecule has 2 heterocycles. The van der Waals surface area contributed by atoms with E-state index in [0.29, 0.717) is 16.0 Å². The molecular formula is C19H14F3NOS. The molecule has 2 aromatic heterocycles. The quantitative estimate of drug-likeness (QED) is 0.535. The van der Waals surface area contributed by atoms with Crippen molar-refractivity contribution >= 4 is 17.1 Å². The normalized spacial score (nSPS) is 11.6. The van der Waals surface area contributed by atoms with Gasteiger partial charge in [-0.25, -0.2) is 0 Å². The van der Waals surface area contributed by atoms with Gasteiger partial charge in [-0.3, -0.25) is 9.78 Å². The summed E-state index contributed by atoms with van der Waals surface area (Å²) in [5.41, 5.74) is 2.21. The predicted octanol–water partition coefficient (Wildman–Crippen LogP) is 6.01. The third-order valence-electron chi connectivity index (χ3n) is 3.92. The monoisotopic (exact) mass is 361 g/mol. The van der Waals surface area contributed by atoms with Gasteiger partial charge in [0, 0.05) is 27.7 Å². The van der Waals surface area contributed by atoms with Crippen molar-refractivity contribution in [2.75, 3.05) is 0 Å². The molecule has 128 valence electrons. The Labute approximate surface area is 147 Å². The van der Waals surface area contributed by atoms with Gasteiger partial charge in [-0.15, -0.1) is 11.3 Å². The zero-order valence-electron chi connectivity index (χ0n) is 13.5. The minimum Gasteiger partial charge on any atom is -0.294 e. The Hall–Kier alpha value is -2.47. The van der Waals surface area contributed by atoms with Crippen LogP contribution in [0, 0.1) is 6.92 Å². The molecule has 0 saturated carbocycles. The van der Waals surface area contributed by atoms with Crippen LogP contribution in [0.1, 0.15) is 28.4 Å². The molecule has 2 nitrogen and oxygen atoms in total. The molecule has 0 bridgehead atoms. The summed E-state index contributed by atoms with van der Waals surface area (Å²) in [6.07, 6.45) is -1.05. The Morgan fingerprint density at radius 2 is 1.52 bits per heavy atom. The number of halogens is 3. The molecule has 0 aliphatic carbocycles. The molecule has 3 rings (SSSR count). The zero-order valence-corrected chi connectivity index (χ0v) is 14.3. The van der Waals surface area contributed by atoms with E-state index in [1.54, 1.807) is 12.4 Å². The predicted molar refractivity (Wildman–Crippen MR) is 92.7 cm³/mol. The van der Waals surface area contributed by atoms with E-state index in [4.69, 9.17) is 0 Å². The maximum absolute atomic E-state index is 12.8. The van der Waals surface area contributed by atoms with Gasteiger partial charge in [0.1, 0.15) is 0 Å². The summed E-state index contributed by atoms with van der Waals surface area (Å²) in [5, 5.41) is 0. The molecule has 0 spiro atoms. The Bertz CT molecular complexity index is 912. The lowest BCUT2D eigenvalue weighted by atomic mass is 10.00. The first kappa shape index (κ1) is 17.4. The average molecular weight is 361 g/mol. The maximum atomic E-state index is 12.8. The number of hydrogen-bond acceptors (Lipinski definition) is 3. The number of alkyl halides is 3. The second-order valence-electron chi connectivity index (χ2n) is 5.63. The molecule has 0 amide bonds. The van der Waals surface area contributed by atoms with Crippen LogP contribution in [0.15, 0.2) is 48.8 Å². The molecule has 0 unspecified atom stereocenters.